The number of para-hydroxylation sites is 1. The van der Waals surface area contributed by atoms with Crippen molar-refractivity contribution in [3.63, 3.8) is 0 Å². The summed E-state index contributed by atoms with van der Waals surface area (Å²) < 4.78 is 0. The van der Waals surface area contributed by atoms with Gasteiger partial charge < -0.3 is 0 Å². The van der Waals surface area contributed by atoms with Gasteiger partial charge in [0.15, 0.2) is 0 Å². The summed E-state index contributed by atoms with van der Waals surface area (Å²) in [6, 6.07) is 70.5. The van der Waals surface area contributed by atoms with E-state index in [-0.39, 0.29) is 0 Å². The Morgan fingerprint density at radius 3 is 1.24 bits per heavy atom. The Balaban J connectivity index is 0.000000132. The second-order valence-corrected chi connectivity index (χ2v) is 19.9. The Morgan fingerprint density at radius 1 is 0.230 bits per heavy atom. The Morgan fingerprint density at radius 2 is 0.678 bits per heavy atom. The molecule has 87 heavy (non-hydrogen) atoms. The van der Waals surface area contributed by atoms with Crippen LogP contribution < -0.4 is 0 Å². The lowest BCUT2D eigenvalue weighted by atomic mass is 10.0. The second-order valence-electron chi connectivity index (χ2n) is 19.9. The molecule has 14 aromatic rings. The first-order chi connectivity index (χ1) is 42.6. The molecule has 428 valence electrons. The van der Waals surface area contributed by atoms with Crippen LogP contribution in [0.1, 0.15) is 39.1 Å². The lowest BCUT2D eigenvalue weighted by molar-refractivity contribution is 1.15. The van der Waals surface area contributed by atoms with Crippen LogP contribution in [0.2, 0.25) is 0 Å². The van der Waals surface area contributed by atoms with Gasteiger partial charge in [-0.1, -0.05) is 127 Å². The summed E-state index contributed by atoms with van der Waals surface area (Å²) in [4.78, 5) is 46.1. The van der Waals surface area contributed by atoms with E-state index in [0.29, 0.717) is 0 Å². The van der Waals surface area contributed by atoms with Crippen LogP contribution in [0.4, 0.5) is 0 Å². The van der Waals surface area contributed by atoms with Crippen LogP contribution in [-0.4, -0.2) is 54.8 Å². The van der Waals surface area contributed by atoms with Gasteiger partial charge in [-0.25, -0.2) is 9.97 Å². The average Bonchev–Trinajstić information content (AvgIpc) is 3.58. The zero-order chi connectivity index (χ0) is 60.8. The highest BCUT2D eigenvalue weighted by atomic mass is 14.8. The van der Waals surface area contributed by atoms with Crippen molar-refractivity contribution in [3.05, 3.63) is 332 Å². The number of pyridine rings is 9. The van der Waals surface area contributed by atoms with E-state index < -0.39 is 0 Å². The molecule has 0 atom stereocenters. The Bertz CT molecular complexity index is 3750. The molecular weight excluding hydrogens is 1070 g/mol. The van der Waals surface area contributed by atoms with Gasteiger partial charge in [-0.05, 0) is 172 Å². The van der Waals surface area contributed by atoms with Crippen molar-refractivity contribution in [1.82, 2.24) is 54.8 Å². The summed E-state index contributed by atoms with van der Waals surface area (Å²) in [6.45, 7) is 14.4. The molecule has 0 aliphatic heterocycles. The van der Waals surface area contributed by atoms with Crippen LogP contribution >= 0.6 is 0 Å². The molecule has 0 unspecified atom stereocenters. The first kappa shape index (κ1) is 61.9. The third-order valence-electron chi connectivity index (χ3n) is 13.6. The topological polar surface area (TPSA) is 142 Å². The molecule has 0 spiro atoms. The molecule has 0 N–H and O–H groups in total. The van der Waals surface area contributed by atoms with Gasteiger partial charge in [-0.15, -0.1) is 0 Å². The SMILES string of the molecule is Cc1cccc2ncccc12.Cc1cccnc1-c1ccccc1.Cc1cccnc1-c1ccccn1.Cc1cccnc1-c1cccnc1.Cc1cccnc1-c1ccncc1.Cc1ccncc1-c1ccccc1.Cc1ncnc2ccccc12. The van der Waals surface area contributed by atoms with E-state index in [1.54, 1.807) is 43.5 Å². The zero-order valence-corrected chi connectivity index (χ0v) is 50.1. The van der Waals surface area contributed by atoms with Gasteiger partial charge in [-0.2, -0.15) is 0 Å². The van der Waals surface area contributed by atoms with Crippen molar-refractivity contribution in [3.8, 4) is 56.3 Å². The van der Waals surface area contributed by atoms with Crippen molar-refractivity contribution >= 4 is 21.8 Å². The van der Waals surface area contributed by atoms with Crippen molar-refractivity contribution < 1.29 is 0 Å². The van der Waals surface area contributed by atoms with E-state index in [9.17, 15) is 0 Å². The second kappa shape index (κ2) is 33.2. The lowest BCUT2D eigenvalue weighted by Gasteiger charge is -2.03. The molecule has 10 aromatic heterocycles. The number of hydrogen-bond donors (Lipinski definition) is 0. The van der Waals surface area contributed by atoms with Crippen molar-refractivity contribution in [2.75, 3.05) is 0 Å². The molecule has 11 nitrogen and oxygen atoms in total. The molecule has 11 heteroatoms. The fourth-order valence-corrected chi connectivity index (χ4v) is 9.01. The highest BCUT2D eigenvalue weighted by Crippen LogP contribution is 2.24. The quantitative estimate of drug-likeness (QED) is 0.163. The van der Waals surface area contributed by atoms with Crippen LogP contribution in [0.5, 0.6) is 0 Å². The number of nitrogens with zero attached hydrogens (tertiary/aromatic N) is 11. The highest BCUT2D eigenvalue weighted by molar-refractivity contribution is 5.82. The zero-order valence-electron chi connectivity index (χ0n) is 50.1. The van der Waals surface area contributed by atoms with Gasteiger partial charge >= 0.3 is 0 Å². The first-order valence-electron chi connectivity index (χ1n) is 28.5. The molecule has 0 bridgehead atoms. The number of aromatic nitrogens is 11. The molecule has 0 radical (unpaired) electrons. The predicted molar refractivity (Wildman–Crippen MR) is 356 cm³/mol. The molecule has 4 aromatic carbocycles. The number of aryl methyl sites for hydroxylation is 7. The van der Waals surface area contributed by atoms with Crippen LogP contribution in [0, 0.1) is 48.5 Å². The maximum atomic E-state index is 4.35. The molecule has 14 rings (SSSR count). The maximum Gasteiger partial charge on any atom is 0.116 e. The standard InChI is InChI=1S/2C12H11N.3C11H10N2.C10H9N.C9H8N2/c1-10-6-5-9-13-12(10)11-7-3-2-4-8-11;1-10-7-8-13-9-12(10)11-5-3-2-4-6-11;1-9-4-2-7-13-11(9)10-5-3-6-12-8-10;1-9-3-2-6-13-11(9)10-4-7-12-8-5-10;1-9-5-4-8-13-11(9)10-6-2-3-7-12-10;1-8-4-2-6-10-9(8)5-3-7-11-10;1-7-8-4-2-3-5-9(8)11-6-10-7/h2*2-9H,1H3;3*2-8H,1H3;2-7H,1H3;2-6H,1H3. The average molecular weight is 1140 g/mol. The Kier molecular flexibility index (Phi) is 23.6. The van der Waals surface area contributed by atoms with Crippen LogP contribution in [0.25, 0.3) is 78.1 Å². The largest absolute Gasteiger partial charge is 0.265 e. The van der Waals surface area contributed by atoms with Gasteiger partial charge in [0.2, 0.25) is 0 Å². The minimum Gasteiger partial charge on any atom is -0.265 e. The molecule has 0 saturated carbocycles. The van der Waals surface area contributed by atoms with Crippen LogP contribution in [0.3, 0.4) is 0 Å². The van der Waals surface area contributed by atoms with E-state index >= 15 is 0 Å². The van der Waals surface area contributed by atoms with E-state index in [4.69, 9.17) is 0 Å². The lowest BCUT2D eigenvalue weighted by Crippen LogP contribution is -1.88. The summed E-state index contributed by atoms with van der Waals surface area (Å²) in [6.07, 6.45) is 23.3. The molecular formula is C76H69N11. The van der Waals surface area contributed by atoms with E-state index in [1.165, 1.54) is 49.9 Å². The molecule has 10 heterocycles. The predicted octanol–water partition coefficient (Wildman–Crippen LogP) is 18.0. The van der Waals surface area contributed by atoms with E-state index in [2.05, 4.69) is 144 Å². The number of hydrogen-bond acceptors (Lipinski definition) is 11. The van der Waals surface area contributed by atoms with Gasteiger partial charge in [0.25, 0.3) is 0 Å². The third-order valence-corrected chi connectivity index (χ3v) is 13.6. The van der Waals surface area contributed by atoms with Crippen LogP contribution in [0.15, 0.2) is 293 Å². The van der Waals surface area contributed by atoms with Gasteiger partial charge in [0, 0.05) is 113 Å². The van der Waals surface area contributed by atoms with Gasteiger partial charge in [0.05, 0.1) is 39.5 Å². The molecule has 0 saturated heterocycles. The summed E-state index contributed by atoms with van der Waals surface area (Å²) in [5.74, 6) is 0. The molecule has 0 aliphatic carbocycles. The first-order valence-corrected chi connectivity index (χ1v) is 28.5. The summed E-state index contributed by atoms with van der Waals surface area (Å²) in [5, 5.41) is 2.38. The monoisotopic (exact) mass is 1140 g/mol. The van der Waals surface area contributed by atoms with Crippen molar-refractivity contribution in [2.24, 2.45) is 0 Å². The normalized spacial score (nSPS) is 10.0. The fourth-order valence-electron chi connectivity index (χ4n) is 9.01. The number of benzene rings is 4. The van der Waals surface area contributed by atoms with Gasteiger partial charge in [-0.3, -0.25) is 44.9 Å². The minimum atomic E-state index is 0.931. The fraction of sp³-hybridized carbons (Fsp3) is 0.0921. The minimum absolute atomic E-state index is 0.931. The highest BCUT2D eigenvalue weighted by Gasteiger charge is 2.05. The Hall–Kier alpha value is -11.2. The summed E-state index contributed by atoms with van der Waals surface area (Å²) in [7, 11) is 0. The van der Waals surface area contributed by atoms with Crippen molar-refractivity contribution in [1.29, 1.82) is 0 Å². The molecule has 0 aliphatic rings. The molecule has 0 amide bonds. The molecule has 0 fully saturated rings. The number of rotatable bonds is 5. The van der Waals surface area contributed by atoms with Crippen molar-refractivity contribution in [2.45, 2.75) is 48.5 Å². The third kappa shape index (κ3) is 18.7. The number of fused-ring (bicyclic) bond motifs is 2. The van der Waals surface area contributed by atoms with E-state index in [0.717, 1.165) is 67.3 Å². The maximum absolute atomic E-state index is 4.35. The van der Waals surface area contributed by atoms with Crippen LogP contribution in [-0.2, 0) is 0 Å². The summed E-state index contributed by atoms with van der Waals surface area (Å²) in [5.41, 5.74) is 21.2. The van der Waals surface area contributed by atoms with E-state index in [1.807, 2.05) is 209 Å². The smallest absolute Gasteiger partial charge is 0.116 e. The van der Waals surface area contributed by atoms with Gasteiger partial charge in [0.1, 0.15) is 6.33 Å². The summed E-state index contributed by atoms with van der Waals surface area (Å²) >= 11 is 0. The Labute approximate surface area is 510 Å².